The maximum absolute atomic E-state index is 5.83. The third kappa shape index (κ3) is 3.03. The maximum Gasteiger partial charge on any atom is 0.125 e. The van der Waals surface area contributed by atoms with Crippen LogP contribution in [0.5, 0.6) is 5.75 Å². The average molecular weight is 245 g/mol. The van der Waals surface area contributed by atoms with Gasteiger partial charge in [-0.3, -0.25) is 0 Å². The number of benzene rings is 1. The van der Waals surface area contributed by atoms with Crippen LogP contribution < -0.4 is 10.5 Å². The van der Waals surface area contributed by atoms with E-state index >= 15 is 0 Å². The molecule has 0 unspecified atom stereocenters. The molecule has 96 valence electrons. The van der Waals surface area contributed by atoms with Crippen LogP contribution in [0.3, 0.4) is 0 Å². The summed E-state index contributed by atoms with van der Waals surface area (Å²) in [7, 11) is 0. The number of ether oxygens (including phenoxy) is 1. The molecule has 0 saturated carbocycles. The molecule has 0 spiro atoms. The van der Waals surface area contributed by atoms with E-state index in [0.29, 0.717) is 6.61 Å². The van der Waals surface area contributed by atoms with Crippen molar-refractivity contribution >= 4 is 5.69 Å². The molecule has 0 fully saturated rings. The van der Waals surface area contributed by atoms with Gasteiger partial charge in [0.05, 0.1) is 12.9 Å². The summed E-state index contributed by atoms with van der Waals surface area (Å²) in [5, 5.41) is 0. The van der Waals surface area contributed by atoms with Crippen molar-refractivity contribution in [2.24, 2.45) is 0 Å². The molecule has 0 radical (unpaired) electrons. The van der Waals surface area contributed by atoms with E-state index in [9.17, 15) is 0 Å². The van der Waals surface area contributed by atoms with Gasteiger partial charge in [0, 0.05) is 24.6 Å². The van der Waals surface area contributed by atoms with Gasteiger partial charge in [0.1, 0.15) is 5.75 Å². The molecular formula is C14H19N3O. The standard InChI is InChI=1S/C14H19N3O/c1-11-8-13(15)9-12(2)14(11)18-7-3-5-17-6-4-16-10-17/h4,6,8-10H,3,5,7,15H2,1-2H3. The Labute approximate surface area is 107 Å². The summed E-state index contributed by atoms with van der Waals surface area (Å²) in [4.78, 5) is 4.01. The number of aromatic nitrogens is 2. The van der Waals surface area contributed by atoms with Crippen LogP contribution in [0.1, 0.15) is 17.5 Å². The molecule has 2 N–H and O–H groups in total. The number of anilines is 1. The molecule has 0 aliphatic heterocycles. The van der Waals surface area contributed by atoms with E-state index in [4.69, 9.17) is 10.5 Å². The van der Waals surface area contributed by atoms with Crippen molar-refractivity contribution in [2.45, 2.75) is 26.8 Å². The maximum atomic E-state index is 5.83. The Morgan fingerprint density at radius 3 is 2.61 bits per heavy atom. The topological polar surface area (TPSA) is 53.1 Å². The predicted molar refractivity (Wildman–Crippen MR) is 72.7 cm³/mol. The third-order valence-electron chi connectivity index (χ3n) is 2.85. The van der Waals surface area contributed by atoms with Crippen LogP contribution in [0.4, 0.5) is 5.69 Å². The van der Waals surface area contributed by atoms with Gasteiger partial charge in [-0.25, -0.2) is 4.98 Å². The molecule has 4 heteroatoms. The van der Waals surface area contributed by atoms with E-state index < -0.39 is 0 Å². The largest absolute Gasteiger partial charge is 0.493 e. The van der Waals surface area contributed by atoms with Gasteiger partial charge in [-0.15, -0.1) is 0 Å². The average Bonchev–Trinajstić information content (AvgIpc) is 2.79. The van der Waals surface area contributed by atoms with Crippen molar-refractivity contribution in [1.82, 2.24) is 9.55 Å². The lowest BCUT2D eigenvalue weighted by molar-refractivity contribution is 0.298. The van der Waals surface area contributed by atoms with Crippen LogP contribution >= 0.6 is 0 Å². The molecule has 2 aromatic rings. The summed E-state index contributed by atoms with van der Waals surface area (Å²) in [5.41, 5.74) is 8.75. The fourth-order valence-corrected chi connectivity index (χ4v) is 2.05. The second-order valence-corrected chi connectivity index (χ2v) is 4.49. The van der Waals surface area contributed by atoms with Crippen LogP contribution in [0, 0.1) is 13.8 Å². The van der Waals surface area contributed by atoms with E-state index in [-0.39, 0.29) is 0 Å². The van der Waals surface area contributed by atoms with Gasteiger partial charge < -0.3 is 15.0 Å². The molecule has 1 aromatic heterocycles. The van der Waals surface area contributed by atoms with Crippen LogP contribution in [0.25, 0.3) is 0 Å². The highest BCUT2D eigenvalue weighted by molar-refractivity contribution is 5.52. The Hall–Kier alpha value is -1.97. The van der Waals surface area contributed by atoms with Gasteiger partial charge >= 0.3 is 0 Å². The van der Waals surface area contributed by atoms with Gasteiger partial charge in [-0.2, -0.15) is 0 Å². The second kappa shape index (κ2) is 5.58. The van der Waals surface area contributed by atoms with Gasteiger partial charge in [0.25, 0.3) is 0 Å². The smallest absolute Gasteiger partial charge is 0.125 e. The molecule has 0 aliphatic carbocycles. The van der Waals surface area contributed by atoms with Crippen molar-refractivity contribution in [3.05, 3.63) is 42.0 Å². The first kappa shape index (κ1) is 12.5. The van der Waals surface area contributed by atoms with Crippen LogP contribution in [-0.2, 0) is 6.54 Å². The Bertz CT molecular complexity index is 483. The van der Waals surface area contributed by atoms with Crippen molar-refractivity contribution < 1.29 is 4.74 Å². The zero-order chi connectivity index (χ0) is 13.0. The number of hydrogen-bond acceptors (Lipinski definition) is 3. The summed E-state index contributed by atoms with van der Waals surface area (Å²) in [5.74, 6) is 0.954. The summed E-state index contributed by atoms with van der Waals surface area (Å²) >= 11 is 0. The van der Waals surface area contributed by atoms with Gasteiger partial charge in [0.15, 0.2) is 0 Å². The first-order valence-electron chi connectivity index (χ1n) is 6.12. The number of aryl methyl sites for hydroxylation is 3. The van der Waals surface area contributed by atoms with E-state index in [1.807, 2.05) is 43.1 Å². The summed E-state index contributed by atoms with van der Waals surface area (Å²) in [6.07, 6.45) is 6.52. The van der Waals surface area contributed by atoms with Crippen LogP contribution in [0.2, 0.25) is 0 Å². The number of nitrogens with zero attached hydrogens (tertiary/aromatic N) is 2. The van der Waals surface area contributed by atoms with Crippen molar-refractivity contribution in [3.8, 4) is 5.75 Å². The number of nitrogen functional groups attached to an aromatic ring is 1. The van der Waals surface area contributed by atoms with E-state index in [2.05, 4.69) is 4.98 Å². The molecule has 1 aromatic carbocycles. The minimum Gasteiger partial charge on any atom is -0.493 e. The first-order chi connectivity index (χ1) is 8.66. The second-order valence-electron chi connectivity index (χ2n) is 4.49. The van der Waals surface area contributed by atoms with Crippen molar-refractivity contribution in [2.75, 3.05) is 12.3 Å². The molecule has 4 nitrogen and oxygen atoms in total. The van der Waals surface area contributed by atoms with Gasteiger partial charge in [-0.1, -0.05) is 0 Å². The molecule has 0 amide bonds. The number of rotatable bonds is 5. The Morgan fingerprint density at radius 1 is 1.28 bits per heavy atom. The predicted octanol–water partition coefficient (Wildman–Crippen LogP) is 2.55. The third-order valence-corrected chi connectivity index (χ3v) is 2.85. The molecule has 0 saturated heterocycles. The molecule has 18 heavy (non-hydrogen) atoms. The van der Waals surface area contributed by atoms with Gasteiger partial charge in [-0.05, 0) is 43.5 Å². The number of hydrogen-bond donors (Lipinski definition) is 1. The molecule has 0 atom stereocenters. The highest BCUT2D eigenvalue weighted by Gasteiger charge is 2.04. The SMILES string of the molecule is Cc1cc(N)cc(C)c1OCCCn1ccnc1. The minimum atomic E-state index is 0.698. The van der Waals surface area contributed by atoms with E-state index in [1.54, 1.807) is 6.20 Å². The molecule has 1 heterocycles. The van der Waals surface area contributed by atoms with Crippen molar-refractivity contribution in [1.29, 1.82) is 0 Å². The molecular weight excluding hydrogens is 226 g/mol. The Morgan fingerprint density at radius 2 is 2.00 bits per heavy atom. The number of nitrogens with two attached hydrogens (primary N) is 1. The minimum absolute atomic E-state index is 0.698. The summed E-state index contributed by atoms with van der Waals surface area (Å²) in [6, 6.07) is 3.89. The Balaban J connectivity index is 1.87. The lowest BCUT2D eigenvalue weighted by Crippen LogP contribution is -2.05. The zero-order valence-electron chi connectivity index (χ0n) is 10.9. The van der Waals surface area contributed by atoms with Gasteiger partial charge in [0.2, 0.25) is 0 Å². The highest BCUT2D eigenvalue weighted by atomic mass is 16.5. The van der Waals surface area contributed by atoms with Crippen molar-refractivity contribution in [3.63, 3.8) is 0 Å². The number of imidazole rings is 1. The molecule has 2 rings (SSSR count). The fourth-order valence-electron chi connectivity index (χ4n) is 2.05. The van der Waals surface area contributed by atoms with Crippen LogP contribution in [-0.4, -0.2) is 16.2 Å². The summed E-state index contributed by atoms with van der Waals surface area (Å²) < 4.78 is 7.88. The fraction of sp³-hybridized carbons (Fsp3) is 0.357. The summed E-state index contributed by atoms with van der Waals surface area (Å²) in [6.45, 7) is 5.67. The van der Waals surface area contributed by atoms with E-state index in [0.717, 1.165) is 35.5 Å². The lowest BCUT2D eigenvalue weighted by Gasteiger charge is -2.13. The van der Waals surface area contributed by atoms with E-state index in [1.165, 1.54) is 0 Å². The first-order valence-corrected chi connectivity index (χ1v) is 6.12. The monoisotopic (exact) mass is 245 g/mol. The highest BCUT2D eigenvalue weighted by Crippen LogP contribution is 2.25. The normalized spacial score (nSPS) is 10.6. The lowest BCUT2D eigenvalue weighted by atomic mass is 10.1. The van der Waals surface area contributed by atoms with Crippen LogP contribution in [0.15, 0.2) is 30.9 Å². The molecule has 0 bridgehead atoms. The molecule has 0 aliphatic rings. The Kier molecular flexibility index (Phi) is 3.87. The quantitative estimate of drug-likeness (QED) is 0.650. The zero-order valence-corrected chi connectivity index (χ0v) is 10.9.